The first-order chi connectivity index (χ1) is 23.2. The van der Waals surface area contributed by atoms with Gasteiger partial charge in [0, 0.05) is 30.9 Å². The number of rotatable bonds is 19. The monoisotopic (exact) mass is 662 g/mol. The van der Waals surface area contributed by atoms with E-state index in [9.17, 15) is 20.4 Å². The van der Waals surface area contributed by atoms with E-state index in [4.69, 9.17) is 28.4 Å². The fourth-order valence-corrected chi connectivity index (χ4v) is 5.89. The molecule has 0 fully saturated rings. The minimum atomic E-state index is -0.0283. The zero-order chi connectivity index (χ0) is 34.5. The Labute approximate surface area is 282 Å². The molecule has 258 valence electrons. The Morgan fingerprint density at radius 1 is 0.458 bits per heavy atom. The largest absolute Gasteiger partial charge is 0.508 e. The van der Waals surface area contributed by atoms with Crippen molar-refractivity contribution in [1.29, 1.82) is 0 Å². The highest BCUT2D eigenvalue weighted by atomic mass is 16.5. The number of ether oxygens (including phenoxy) is 6. The number of phenolic OH excluding ortho intramolecular Hbond substituents is 4. The molecule has 4 N–H and O–H groups in total. The molecule has 0 heterocycles. The van der Waals surface area contributed by atoms with E-state index in [1.54, 1.807) is 52.7 Å². The van der Waals surface area contributed by atoms with E-state index in [1.165, 1.54) is 12.1 Å². The fraction of sp³-hybridized carbons (Fsp3) is 0.368. The van der Waals surface area contributed by atoms with Crippen LogP contribution in [0.25, 0.3) is 0 Å². The van der Waals surface area contributed by atoms with Gasteiger partial charge in [-0.1, -0.05) is 0 Å². The summed E-state index contributed by atoms with van der Waals surface area (Å²) in [5, 5.41) is 39.6. The molecule has 0 bridgehead atoms. The van der Waals surface area contributed by atoms with E-state index in [0.717, 1.165) is 24.0 Å². The van der Waals surface area contributed by atoms with E-state index in [1.807, 2.05) is 36.4 Å². The smallest absolute Gasteiger partial charge is 0.122 e. The molecule has 0 amide bonds. The van der Waals surface area contributed by atoms with Crippen LogP contribution in [0.5, 0.6) is 46.0 Å². The number of aromatic hydroxyl groups is 4. The summed E-state index contributed by atoms with van der Waals surface area (Å²) < 4.78 is 34.5. The van der Waals surface area contributed by atoms with Crippen molar-refractivity contribution in [2.45, 2.75) is 38.9 Å². The zero-order valence-corrected chi connectivity index (χ0v) is 28.0. The summed E-state index contributed by atoms with van der Waals surface area (Å²) in [6, 6.07) is 20.6. The third-order valence-electron chi connectivity index (χ3n) is 8.14. The highest BCUT2D eigenvalue weighted by Gasteiger charge is 2.24. The van der Waals surface area contributed by atoms with Gasteiger partial charge in [-0.2, -0.15) is 0 Å². The molecule has 2 atom stereocenters. The van der Waals surface area contributed by atoms with Crippen molar-refractivity contribution < 1.29 is 48.8 Å². The molecule has 4 aromatic carbocycles. The number of benzene rings is 4. The van der Waals surface area contributed by atoms with Crippen LogP contribution >= 0.6 is 0 Å². The van der Waals surface area contributed by atoms with Crippen molar-refractivity contribution >= 4 is 0 Å². The first kappa shape index (κ1) is 36.0. The van der Waals surface area contributed by atoms with Crippen LogP contribution in [0.1, 0.15) is 35.1 Å². The van der Waals surface area contributed by atoms with Crippen LogP contribution in [-0.4, -0.2) is 62.1 Å². The SMILES string of the molecule is COc1cc(C[C@H](CCCOCc2cc(O)cc(O)c2)[C@@H](COCc2cc(O)cc(O)c2)Cc2cc(OC)cc(OC)c2)cc(OC)c1. The van der Waals surface area contributed by atoms with Crippen LogP contribution in [0, 0.1) is 11.8 Å². The lowest BCUT2D eigenvalue weighted by Crippen LogP contribution is -2.25. The van der Waals surface area contributed by atoms with Crippen LogP contribution in [0.4, 0.5) is 0 Å². The van der Waals surface area contributed by atoms with E-state index in [2.05, 4.69) is 0 Å². The second kappa shape index (κ2) is 17.9. The van der Waals surface area contributed by atoms with E-state index in [-0.39, 0.29) is 48.0 Å². The van der Waals surface area contributed by atoms with Crippen LogP contribution in [0.15, 0.2) is 72.8 Å². The maximum atomic E-state index is 9.98. The molecule has 0 saturated heterocycles. The first-order valence-electron chi connectivity index (χ1n) is 15.8. The van der Waals surface area contributed by atoms with Crippen LogP contribution < -0.4 is 18.9 Å². The fourth-order valence-electron chi connectivity index (χ4n) is 5.89. The molecule has 48 heavy (non-hydrogen) atoms. The van der Waals surface area contributed by atoms with Gasteiger partial charge < -0.3 is 48.8 Å². The van der Waals surface area contributed by atoms with Crippen molar-refractivity contribution in [3.63, 3.8) is 0 Å². The Bertz CT molecular complexity index is 1520. The average molecular weight is 663 g/mol. The first-order valence-corrected chi connectivity index (χ1v) is 15.8. The van der Waals surface area contributed by atoms with E-state index >= 15 is 0 Å². The normalized spacial score (nSPS) is 12.3. The zero-order valence-electron chi connectivity index (χ0n) is 28.0. The molecule has 0 spiro atoms. The van der Waals surface area contributed by atoms with Gasteiger partial charge in [-0.05, 0) is 108 Å². The summed E-state index contributed by atoms with van der Waals surface area (Å²) in [7, 11) is 6.51. The second-order valence-corrected chi connectivity index (χ2v) is 11.8. The predicted octanol–water partition coefficient (Wildman–Crippen LogP) is 6.77. The van der Waals surface area contributed by atoms with Gasteiger partial charge in [-0.3, -0.25) is 0 Å². The molecule has 4 rings (SSSR count). The Morgan fingerprint density at radius 2 is 0.854 bits per heavy atom. The molecule has 0 unspecified atom stereocenters. The summed E-state index contributed by atoms with van der Waals surface area (Å²) in [6.07, 6.45) is 2.91. The summed E-state index contributed by atoms with van der Waals surface area (Å²) in [5.74, 6) is 2.85. The maximum absolute atomic E-state index is 9.98. The number of methoxy groups -OCH3 is 4. The lowest BCUT2D eigenvalue weighted by Gasteiger charge is -2.28. The minimum Gasteiger partial charge on any atom is -0.508 e. The number of hydrogen-bond acceptors (Lipinski definition) is 10. The number of phenols is 4. The predicted molar refractivity (Wildman–Crippen MR) is 182 cm³/mol. The van der Waals surface area contributed by atoms with Gasteiger partial charge in [0.1, 0.15) is 46.0 Å². The highest BCUT2D eigenvalue weighted by Crippen LogP contribution is 2.33. The molecule has 4 aromatic rings. The van der Waals surface area contributed by atoms with Crippen molar-refractivity contribution in [1.82, 2.24) is 0 Å². The van der Waals surface area contributed by atoms with Gasteiger partial charge in [0.15, 0.2) is 0 Å². The molecule has 0 aromatic heterocycles. The van der Waals surface area contributed by atoms with Crippen molar-refractivity contribution in [3.05, 3.63) is 95.1 Å². The Morgan fingerprint density at radius 3 is 1.27 bits per heavy atom. The Balaban J connectivity index is 1.58. The topological polar surface area (TPSA) is 136 Å². The molecular weight excluding hydrogens is 616 g/mol. The molecule has 0 saturated carbocycles. The molecule has 10 heteroatoms. The summed E-state index contributed by atoms with van der Waals surface area (Å²) >= 11 is 0. The maximum Gasteiger partial charge on any atom is 0.122 e. The van der Waals surface area contributed by atoms with Gasteiger partial charge in [0.05, 0.1) is 48.3 Å². The molecule has 0 aliphatic rings. The summed E-state index contributed by atoms with van der Waals surface area (Å²) in [5.41, 5.74) is 3.43. The van der Waals surface area contributed by atoms with Crippen LogP contribution in [0.2, 0.25) is 0 Å². The van der Waals surface area contributed by atoms with Crippen molar-refractivity contribution in [2.75, 3.05) is 41.7 Å². The third kappa shape index (κ3) is 11.2. The van der Waals surface area contributed by atoms with Gasteiger partial charge >= 0.3 is 0 Å². The standard InChI is InChI=1S/C38H46O10/c1-43-35-14-25(15-36(20-35)44-2)8-29(6-5-7-47-22-27-10-31(39)18-32(40)11-27)30(9-26-16-37(45-3)21-38(17-26)46-4)24-48-23-28-12-33(41)19-34(42)13-28/h10-21,29-30,39-42H,5-9,22-24H2,1-4H3/t29-,30+/m0/s1. The average Bonchev–Trinajstić information content (AvgIpc) is 3.05. The number of hydrogen-bond donors (Lipinski definition) is 4. The Hall–Kier alpha value is -4.80. The molecule has 0 aliphatic heterocycles. The van der Waals surface area contributed by atoms with Gasteiger partial charge in [-0.25, -0.2) is 0 Å². The molecule has 10 nitrogen and oxygen atoms in total. The lowest BCUT2D eigenvalue weighted by atomic mass is 9.80. The minimum absolute atomic E-state index is 0.0136. The molecule has 0 radical (unpaired) electrons. The second-order valence-electron chi connectivity index (χ2n) is 11.8. The lowest BCUT2D eigenvalue weighted by molar-refractivity contribution is 0.0578. The van der Waals surface area contributed by atoms with E-state index < -0.39 is 0 Å². The Kier molecular flexibility index (Phi) is 13.5. The highest BCUT2D eigenvalue weighted by molar-refractivity contribution is 5.40. The van der Waals surface area contributed by atoms with E-state index in [0.29, 0.717) is 60.2 Å². The van der Waals surface area contributed by atoms with Crippen molar-refractivity contribution in [3.8, 4) is 46.0 Å². The van der Waals surface area contributed by atoms with Crippen LogP contribution in [0.3, 0.4) is 0 Å². The summed E-state index contributed by atoms with van der Waals surface area (Å²) in [6.45, 7) is 1.33. The molecular formula is C38H46O10. The quantitative estimate of drug-likeness (QED) is 0.0796. The third-order valence-corrected chi connectivity index (χ3v) is 8.14. The molecule has 0 aliphatic carbocycles. The van der Waals surface area contributed by atoms with Crippen molar-refractivity contribution in [2.24, 2.45) is 11.8 Å². The van der Waals surface area contributed by atoms with Gasteiger partial charge in [-0.15, -0.1) is 0 Å². The van der Waals surface area contributed by atoms with Gasteiger partial charge in [0.2, 0.25) is 0 Å². The van der Waals surface area contributed by atoms with Crippen LogP contribution in [-0.2, 0) is 35.5 Å². The summed E-state index contributed by atoms with van der Waals surface area (Å²) in [4.78, 5) is 0. The van der Waals surface area contributed by atoms with Gasteiger partial charge in [0.25, 0.3) is 0 Å².